The van der Waals surface area contributed by atoms with Crippen molar-refractivity contribution in [3.63, 3.8) is 0 Å². The normalized spacial score (nSPS) is 16.6. The highest BCUT2D eigenvalue weighted by molar-refractivity contribution is 6.00. The molecule has 170 valence electrons. The van der Waals surface area contributed by atoms with Gasteiger partial charge >= 0.3 is 0 Å². The molecular weight excluding hydrogens is 410 g/mol. The monoisotopic (exact) mass is 439 g/mol. The lowest BCUT2D eigenvalue weighted by atomic mass is 10.1. The zero-order valence-corrected chi connectivity index (χ0v) is 18.6. The number of benzene rings is 2. The first-order chi connectivity index (χ1) is 15.2. The number of carbonyl (C=O) groups excluding carboxylic acids is 3. The van der Waals surface area contributed by atoms with Gasteiger partial charge in [-0.05, 0) is 62.2 Å². The molecule has 2 aromatic carbocycles. The summed E-state index contributed by atoms with van der Waals surface area (Å²) in [5.74, 6) is -0.586. The van der Waals surface area contributed by atoms with Gasteiger partial charge in [-0.1, -0.05) is 12.1 Å². The van der Waals surface area contributed by atoms with E-state index >= 15 is 0 Å². The van der Waals surface area contributed by atoms with Gasteiger partial charge in [-0.3, -0.25) is 14.4 Å². The second kappa shape index (κ2) is 10.3. The maximum atomic E-state index is 12.4. The van der Waals surface area contributed by atoms with E-state index in [-0.39, 0.29) is 43.8 Å². The molecule has 1 saturated heterocycles. The van der Waals surface area contributed by atoms with E-state index < -0.39 is 12.0 Å². The predicted octanol–water partition coefficient (Wildman–Crippen LogP) is 2.17. The van der Waals surface area contributed by atoms with Crippen molar-refractivity contribution in [3.8, 4) is 5.75 Å². The number of hydrogen-bond acceptors (Lipinski definition) is 5. The third-order valence-corrected chi connectivity index (χ3v) is 5.46. The Morgan fingerprint density at radius 2 is 1.91 bits per heavy atom. The first-order valence-corrected chi connectivity index (χ1v) is 10.6. The summed E-state index contributed by atoms with van der Waals surface area (Å²) in [5.41, 5.74) is 3.53. The van der Waals surface area contributed by atoms with Crippen LogP contribution in [-0.4, -0.2) is 48.6 Å². The lowest BCUT2D eigenvalue weighted by Gasteiger charge is -2.17. The molecule has 2 aromatic rings. The summed E-state index contributed by atoms with van der Waals surface area (Å²) in [6.45, 7) is 5.82. The van der Waals surface area contributed by atoms with E-state index in [4.69, 9.17) is 4.74 Å². The molecule has 3 N–H and O–H groups in total. The van der Waals surface area contributed by atoms with Gasteiger partial charge in [0, 0.05) is 30.9 Å². The fourth-order valence-corrected chi connectivity index (χ4v) is 3.47. The van der Waals surface area contributed by atoms with Crippen LogP contribution in [0.15, 0.2) is 42.5 Å². The van der Waals surface area contributed by atoms with Crippen molar-refractivity contribution in [1.29, 1.82) is 0 Å². The molecule has 0 radical (unpaired) electrons. The van der Waals surface area contributed by atoms with Crippen molar-refractivity contribution >= 4 is 29.1 Å². The number of anilines is 2. The van der Waals surface area contributed by atoms with Gasteiger partial charge in [0.05, 0.1) is 12.0 Å². The maximum Gasteiger partial charge on any atom is 0.262 e. The van der Waals surface area contributed by atoms with Crippen molar-refractivity contribution in [1.82, 2.24) is 5.32 Å². The highest BCUT2D eigenvalue weighted by atomic mass is 16.5. The van der Waals surface area contributed by atoms with Crippen molar-refractivity contribution in [2.45, 2.75) is 33.3 Å². The largest absolute Gasteiger partial charge is 0.484 e. The van der Waals surface area contributed by atoms with Crippen LogP contribution in [0.25, 0.3) is 0 Å². The Hall–Kier alpha value is -3.39. The van der Waals surface area contributed by atoms with Crippen molar-refractivity contribution in [3.05, 3.63) is 53.6 Å². The Labute approximate surface area is 187 Å². The number of nitrogens with one attached hydrogen (secondary N) is 2. The van der Waals surface area contributed by atoms with Crippen LogP contribution in [0.1, 0.15) is 24.5 Å². The molecule has 2 atom stereocenters. The fraction of sp³-hybridized carbons (Fsp3) is 0.375. The predicted molar refractivity (Wildman–Crippen MR) is 122 cm³/mol. The van der Waals surface area contributed by atoms with Gasteiger partial charge < -0.3 is 25.4 Å². The van der Waals surface area contributed by atoms with Crippen LogP contribution in [0, 0.1) is 19.8 Å². The summed E-state index contributed by atoms with van der Waals surface area (Å²) in [4.78, 5) is 38.3. The van der Waals surface area contributed by atoms with Crippen LogP contribution in [-0.2, 0) is 14.4 Å². The number of aliphatic hydroxyl groups is 1. The van der Waals surface area contributed by atoms with Crippen LogP contribution in [0.5, 0.6) is 5.75 Å². The Morgan fingerprint density at radius 1 is 1.19 bits per heavy atom. The van der Waals surface area contributed by atoms with Gasteiger partial charge in [-0.2, -0.15) is 0 Å². The third kappa shape index (κ3) is 5.85. The second-order valence-electron chi connectivity index (χ2n) is 8.08. The molecule has 1 fully saturated rings. The summed E-state index contributed by atoms with van der Waals surface area (Å²) in [5, 5.41) is 14.8. The van der Waals surface area contributed by atoms with E-state index in [9.17, 15) is 19.5 Å². The van der Waals surface area contributed by atoms with E-state index in [2.05, 4.69) is 10.6 Å². The summed E-state index contributed by atoms with van der Waals surface area (Å²) < 4.78 is 5.57. The highest BCUT2D eigenvalue weighted by Gasteiger charge is 2.35. The van der Waals surface area contributed by atoms with Crippen LogP contribution >= 0.6 is 0 Å². The number of aryl methyl sites for hydroxylation is 1. The average molecular weight is 440 g/mol. The van der Waals surface area contributed by atoms with E-state index in [0.717, 1.165) is 16.8 Å². The highest BCUT2D eigenvalue weighted by Crippen LogP contribution is 2.27. The molecule has 1 aliphatic rings. The molecule has 1 aliphatic heterocycles. The topological polar surface area (TPSA) is 108 Å². The average Bonchev–Trinajstić information content (AvgIpc) is 3.16. The Bertz CT molecular complexity index is 988. The SMILES string of the molecule is Cc1cccc(NC(=O)COc2ccc(N3C[C@H](C(=O)NC[C@H](C)O)CC3=O)cc2)c1C. The van der Waals surface area contributed by atoms with E-state index in [0.29, 0.717) is 11.4 Å². The molecule has 0 unspecified atom stereocenters. The molecule has 0 aliphatic carbocycles. The quantitative estimate of drug-likeness (QED) is 0.584. The van der Waals surface area contributed by atoms with Crippen LogP contribution in [0.4, 0.5) is 11.4 Å². The minimum Gasteiger partial charge on any atom is -0.484 e. The zero-order chi connectivity index (χ0) is 23.3. The number of carbonyl (C=O) groups is 3. The summed E-state index contributed by atoms with van der Waals surface area (Å²) in [7, 11) is 0. The van der Waals surface area contributed by atoms with Crippen LogP contribution in [0.3, 0.4) is 0 Å². The molecule has 32 heavy (non-hydrogen) atoms. The fourth-order valence-electron chi connectivity index (χ4n) is 3.47. The maximum absolute atomic E-state index is 12.4. The molecular formula is C24H29N3O5. The molecule has 0 saturated carbocycles. The number of nitrogens with zero attached hydrogens (tertiary/aromatic N) is 1. The minimum atomic E-state index is -0.636. The molecule has 3 rings (SSSR count). The van der Waals surface area contributed by atoms with Gasteiger partial charge in [0.15, 0.2) is 6.61 Å². The molecule has 8 heteroatoms. The van der Waals surface area contributed by atoms with Crippen LogP contribution in [0.2, 0.25) is 0 Å². The first kappa shape index (κ1) is 23.3. The molecule has 0 aromatic heterocycles. The lowest BCUT2D eigenvalue weighted by molar-refractivity contribution is -0.126. The van der Waals surface area contributed by atoms with E-state index in [1.54, 1.807) is 36.1 Å². The lowest BCUT2D eigenvalue weighted by Crippen LogP contribution is -2.36. The number of amides is 3. The number of aliphatic hydroxyl groups excluding tert-OH is 1. The molecule has 3 amide bonds. The number of rotatable bonds is 8. The van der Waals surface area contributed by atoms with Gasteiger partial charge in [-0.15, -0.1) is 0 Å². The minimum absolute atomic E-state index is 0.127. The van der Waals surface area contributed by atoms with Crippen molar-refractivity contribution in [2.75, 3.05) is 29.9 Å². The summed E-state index contributed by atoms with van der Waals surface area (Å²) in [6, 6.07) is 12.6. The standard InChI is InChI=1S/C24H29N3O5/c1-15-5-4-6-21(17(15)3)26-22(29)14-32-20-9-7-19(8-10-20)27-13-18(11-23(27)30)24(31)25-12-16(2)28/h4-10,16,18,28H,11-14H2,1-3H3,(H,25,31)(H,26,29)/t16-,18+/m0/s1. The van der Waals surface area contributed by atoms with Crippen molar-refractivity contribution < 1.29 is 24.2 Å². The summed E-state index contributed by atoms with van der Waals surface area (Å²) >= 11 is 0. The van der Waals surface area contributed by atoms with Gasteiger partial charge in [0.25, 0.3) is 5.91 Å². The molecule has 1 heterocycles. The smallest absolute Gasteiger partial charge is 0.262 e. The van der Waals surface area contributed by atoms with Crippen LogP contribution < -0.4 is 20.3 Å². The molecule has 8 nitrogen and oxygen atoms in total. The van der Waals surface area contributed by atoms with Gasteiger partial charge in [-0.25, -0.2) is 0 Å². The molecule has 0 spiro atoms. The zero-order valence-electron chi connectivity index (χ0n) is 18.6. The Balaban J connectivity index is 1.52. The van der Waals surface area contributed by atoms with E-state index in [1.807, 2.05) is 32.0 Å². The van der Waals surface area contributed by atoms with Gasteiger partial charge in [0.1, 0.15) is 5.75 Å². The first-order valence-electron chi connectivity index (χ1n) is 10.6. The second-order valence-corrected chi connectivity index (χ2v) is 8.08. The molecule has 0 bridgehead atoms. The third-order valence-electron chi connectivity index (χ3n) is 5.46. The summed E-state index contributed by atoms with van der Waals surface area (Å²) in [6.07, 6.45) is -0.509. The Kier molecular flexibility index (Phi) is 7.48. The van der Waals surface area contributed by atoms with E-state index in [1.165, 1.54) is 0 Å². The van der Waals surface area contributed by atoms with Crippen molar-refractivity contribution in [2.24, 2.45) is 5.92 Å². The van der Waals surface area contributed by atoms with Gasteiger partial charge in [0.2, 0.25) is 11.8 Å². The number of hydrogen-bond donors (Lipinski definition) is 3. The number of ether oxygens (including phenoxy) is 1. The Morgan fingerprint density at radius 3 is 2.59 bits per heavy atom.